The maximum Gasteiger partial charge on any atom is 0.240 e. The average Bonchev–Trinajstić information content (AvgIpc) is 2.85. The number of β-amino-alcohol motifs (C(OH)–C–C–N with tert-alkyl or cyclic N) is 1. The Morgan fingerprint density at radius 2 is 2.00 bits per heavy atom. The smallest absolute Gasteiger partial charge is 0.240 e. The summed E-state index contributed by atoms with van der Waals surface area (Å²) in [4.78, 5) is 6.54. The summed E-state index contributed by atoms with van der Waals surface area (Å²) in [6, 6.07) is 10.1. The monoisotopic (exact) mass is 287 g/mol. The van der Waals surface area contributed by atoms with Crippen LogP contribution in [0.5, 0.6) is 0 Å². The van der Waals surface area contributed by atoms with Gasteiger partial charge in [0.15, 0.2) is 5.82 Å². The van der Waals surface area contributed by atoms with E-state index in [1.165, 1.54) is 5.56 Å². The quantitative estimate of drug-likeness (QED) is 0.909. The zero-order valence-corrected chi connectivity index (χ0v) is 12.5. The molecule has 0 bridgehead atoms. The Morgan fingerprint density at radius 1 is 1.29 bits per heavy atom. The van der Waals surface area contributed by atoms with Crippen LogP contribution in [0.4, 0.5) is 0 Å². The molecule has 1 fully saturated rings. The van der Waals surface area contributed by atoms with Crippen molar-refractivity contribution in [2.75, 3.05) is 13.1 Å². The lowest BCUT2D eigenvalue weighted by atomic mass is 9.83. The molecule has 1 N–H and O–H groups in total. The van der Waals surface area contributed by atoms with Crippen LogP contribution in [0.25, 0.3) is 0 Å². The predicted molar refractivity (Wildman–Crippen MR) is 78.6 cm³/mol. The normalized spacial score (nSPS) is 17.9. The average molecular weight is 287 g/mol. The van der Waals surface area contributed by atoms with Gasteiger partial charge >= 0.3 is 0 Å². The summed E-state index contributed by atoms with van der Waals surface area (Å²) in [6.45, 7) is 6.03. The van der Waals surface area contributed by atoms with Crippen molar-refractivity contribution >= 4 is 0 Å². The van der Waals surface area contributed by atoms with Gasteiger partial charge < -0.3 is 9.63 Å². The molecule has 3 rings (SSSR count). The van der Waals surface area contributed by atoms with Gasteiger partial charge in [0.2, 0.25) is 5.89 Å². The van der Waals surface area contributed by atoms with Gasteiger partial charge in [-0.1, -0.05) is 49.3 Å². The second kappa shape index (κ2) is 5.58. The molecule has 112 valence electrons. The summed E-state index contributed by atoms with van der Waals surface area (Å²) >= 11 is 0. The predicted octanol–water partition coefficient (Wildman–Crippen LogP) is 1.86. The van der Waals surface area contributed by atoms with Crippen LogP contribution in [0, 0.1) is 5.92 Å². The van der Waals surface area contributed by atoms with E-state index in [9.17, 15) is 5.11 Å². The van der Waals surface area contributed by atoms with Crippen molar-refractivity contribution in [3.8, 4) is 0 Å². The molecule has 1 aliphatic rings. The van der Waals surface area contributed by atoms with E-state index in [-0.39, 0.29) is 5.92 Å². The number of aliphatic hydroxyl groups is 1. The van der Waals surface area contributed by atoms with Crippen LogP contribution in [-0.2, 0) is 13.0 Å². The molecule has 0 spiro atoms. The molecule has 1 aliphatic heterocycles. The van der Waals surface area contributed by atoms with Gasteiger partial charge in [0.05, 0.1) is 12.1 Å². The maximum atomic E-state index is 10.2. The molecule has 1 saturated heterocycles. The second-order valence-electron chi connectivity index (χ2n) is 6.17. The Bertz CT molecular complexity index is 589. The van der Waals surface area contributed by atoms with Gasteiger partial charge in [-0.05, 0) is 11.5 Å². The lowest BCUT2D eigenvalue weighted by Gasteiger charge is -2.48. The fourth-order valence-corrected chi connectivity index (χ4v) is 2.60. The van der Waals surface area contributed by atoms with Crippen LogP contribution in [0.15, 0.2) is 34.9 Å². The standard InChI is InChI=1S/C16H21N3O2/c1-12(2)16(20)10-19(11-16)9-15-17-14(18-21-15)8-13-6-4-3-5-7-13/h3-7,12,20H,8-11H2,1-2H3. The first kappa shape index (κ1) is 14.2. The van der Waals surface area contributed by atoms with E-state index in [4.69, 9.17) is 4.52 Å². The SMILES string of the molecule is CC(C)C1(O)CN(Cc2nc(Cc3ccccc3)no2)C1. The third-order valence-corrected chi connectivity index (χ3v) is 4.14. The Kier molecular flexibility index (Phi) is 3.78. The lowest BCUT2D eigenvalue weighted by molar-refractivity contribution is -0.133. The molecule has 2 aromatic rings. The van der Waals surface area contributed by atoms with E-state index in [2.05, 4.69) is 15.0 Å². The Balaban J connectivity index is 1.55. The van der Waals surface area contributed by atoms with Gasteiger partial charge in [0.1, 0.15) is 0 Å². The molecule has 0 aliphatic carbocycles. The number of hydrogen-bond donors (Lipinski definition) is 1. The number of nitrogens with zero attached hydrogens (tertiary/aromatic N) is 3. The molecular formula is C16H21N3O2. The van der Waals surface area contributed by atoms with Gasteiger partial charge in [-0.2, -0.15) is 4.98 Å². The topological polar surface area (TPSA) is 62.4 Å². The van der Waals surface area contributed by atoms with E-state index in [1.54, 1.807) is 0 Å². The summed E-state index contributed by atoms with van der Waals surface area (Å²) < 4.78 is 5.29. The number of benzene rings is 1. The van der Waals surface area contributed by atoms with E-state index in [1.807, 2.05) is 44.2 Å². The number of aromatic nitrogens is 2. The van der Waals surface area contributed by atoms with Gasteiger partial charge in [0, 0.05) is 19.5 Å². The third-order valence-electron chi connectivity index (χ3n) is 4.14. The largest absolute Gasteiger partial charge is 0.387 e. The first-order valence-electron chi connectivity index (χ1n) is 7.35. The van der Waals surface area contributed by atoms with Crippen LogP contribution >= 0.6 is 0 Å². The number of hydrogen-bond acceptors (Lipinski definition) is 5. The van der Waals surface area contributed by atoms with Crippen molar-refractivity contribution < 1.29 is 9.63 Å². The highest BCUT2D eigenvalue weighted by atomic mass is 16.5. The van der Waals surface area contributed by atoms with Crippen LogP contribution in [0.2, 0.25) is 0 Å². The van der Waals surface area contributed by atoms with Crippen molar-refractivity contribution in [1.29, 1.82) is 0 Å². The van der Waals surface area contributed by atoms with Crippen molar-refractivity contribution in [3.05, 3.63) is 47.6 Å². The number of likely N-dealkylation sites (tertiary alicyclic amines) is 1. The van der Waals surface area contributed by atoms with Crippen LogP contribution in [-0.4, -0.2) is 38.8 Å². The molecule has 0 unspecified atom stereocenters. The van der Waals surface area contributed by atoms with Crippen molar-refractivity contribution in [1.82, 2.24) is 15.0 Å². The third kappa shape index (κ3) is 3.14. The van der Waals surface area contributed by atoms with Crippen LogP contribution in [0.3, 0.4) is 0 Å². The lowest BCUT2D eigenvalue weighted by Crippen LogP contribution is -2.63. The highest BCUT2D eigenvalue weighted by Crippen LogP contribution is 2.29. The van der Waals surface area contributed by atoms with Gasteiger partial charge in [0.25, 0.3) is 0 Å². The highest BCUT2D eigenvalue weighted by molar-refractivity contribution is 5.18. The summed E-state index contributed by atoms with van der Waals surface area (Å²) in [5, 5.41) is 14.2. The molecule has 0 radical (unpaired) electrons. The summed E-state index contributed by atoms with van der Waals surface area (Å²) in [7, 11) is 0. The highest BCUT2D eigenvalue weighted by Gasteiger charge is 2.43. The molecule has 1 aromatic heterocycles. The Morgan fingerprint density at radius 3 is 2.67 bits per heavy atom. The van der Waals surface area contributed by atoms with E-state index in [0.29, 0.717) is 37.8 Å². The van der Waals surface area contributed by atoms with E-state index in [0.717, 1.165) is 0 Å². The van der Waals surface area contributed by atoms with Crippen molar-refractivity contribution in [2.45, 2.75) is 32.4 Å². The van der Waals surface area contributed by atoms with Gasteiger partial charge in [-0.25, -0.2) is 0 Å². The maximum absolute atomic E-state index is 10.2. The fourth-order valence-electron chi connectivity index (χ4n) is 2.60. The molecule has 0 saturated carbocycles. The first-order valence-corrected chi connectivity index (χ1v) is 7.35. The fraction of sp³-hybridized carbons (Fsp3) is 0.500. The Labute approximate surface area is 124 Å². The first-order chi connectivity index (χ1) is 10.0. The minimum atomic E-state index is -0.563. The minimum Gasteiger partial charge on any atom is -0.387 e. The van der Waals surface area contributed by atoms with Crippen LogP contribution < -0.4 is 0 Å². The molecule has 0 amide bonds. The molecule has 2 heterocycles. The molecular weight excluding hydrogens is 266 g/mol. The van der Waals surface area contributed by atoms with E-state index >= 15 is 0 Å². The summed E-state index contributed by atoms with van der Waals surface area (Å²) in [5.74, 6) is 1.59. The molecule has 1 aromatic carbocycles. The van der Waals surface area contributed by atoms with E-state index < -0.39 is 5.60 Å². The van der Waals surface area contributed by atoms with Gasteiger partial charge in [-0.15, -0.1) is 0 Å². The van der Waals surface area contributed by atoms with Crippen LogP contribution in [0.1, 0.15) is 31.1 Å². The molecule has 0 atom stereocenters. The zero-order chi connectivity index (χ0) is 14.9. The number of rotatable bonds is 5. The molecule has 5 nitrogen and oxygen atoms in total. The van der Waals surface area contributed by atoms with Crippen molar-refractivity contribution in [2.24, 2.45) is 5.92 Å². The Hall–Kier alpha value is -1.72. The minimum absolute atomic E-state index is 0.269. The van der Waals surface area contributed by atoms with Crippen molar-refractivity contribution in [3.63, 3.8) is 0 Å². The summed E-state index contributed by atoms with van der Waals surface area (Å²) in [5.41, 5.74) is 0.607. The summed E-state index contributed by atoms with van der Waals surface area (Å²) in [6.07, 6.45) is 0.681. The zero-order valence-electron chi connectivity index (χ0n) is 12.5. The van der Waals surface area contributed by atoms with Gasteiger partial charge in [-0.3, -0.25) is 4.90 Å². The molecule has 21 heavy (non-hydrogen) atoms. The molecule has 5 heteroatoms. The second-order valence-corrected chi connectivity index (χ2v) is 6.17.